The first-order valence-corrected chi connectivity index (χ1v) is 6.57. The number of nitrogens with zero attached hydrogens (tertiary/aromatic N) is 5. The van der Waals surface area contributed by atoms with Crippen molar-refractivity contribution in [2.75, 3.05) is 36.2 Å². The normalized spacial score (nSPS) is 9.81. The van der Waals surface area contributed by atoms with E-state index in [0.717, 1.165) is 12.2 Å². The quantitative estimate of drug-likeness (QED) is 0.867. The van der Waals surface area contributed by atoms with Crippen LogP contribution in [0.2, 0.25) is 0 Å². The molecule has 0 fully saturated rings. The standard InChI is InChI=1S/C14H17N7/c1-4-16-12-18-13(20-14(19-12)21(2)3)17-11-7-5-6-10(8-11)9-15/h5-8H,4H2,1-3H3,(H2,16,17,18,19,20). The van der Waals surface area contributed by atoms with E-state index in [-0.39, 0.29) is 0 Å². The summed E-state index contributed by atoms with van der Waals surface area (Å²) in [5.41, 5.74) is 1.33. The van der Waals surface area contributed by atoms with Crippen molar-refractivity contribution in [3.05, 3.63) is 29.8 Å². The molecule has 2 rings (SSSR count). The minimum atomic E-state index is 0.430. The van der Waals surface area contributed by atoms with Crippen LogP contribution in [0.25, 0.3) is 0 Å². The largest absolute Gasteiger partial charge is 0.354 e. The van der Waals surface area contributed by atoms with Crippen molar-refractivity contribution in [3.63, 3.8) is 0 Å². The Kier molecular flexibility index (Phi) is 4.51. The van der Waals surface area contributed by atoms with Gasteiger partial charge in [-0.05, 0) is 25.1 Å². The number of hydrogen-bond acceptors (Lipinski definition) is 7. The molecular weight excluding hydrogens is 266 g/mol. The van der Waals surface area contributed by atoms with Gasteiger partial charge in [0.15, 0.2) is 0 Å². The summed E-state index contributed by atoms with van der Waals surface area (Å²) in [6, 6.07) is 9.25. The van der Waals surface area contributed by atoms with Crippen LogP contribution in [0.3, 0.4) is 0 Å². The Bertz CT molecular complexity index is 661. The number of aromatic nitrogens is 3. The Morgan fingerprint density at radius 1 is 1.19 bits per heavy atom. The van der Waals surface area contributed by atoms with Crippen LogP contribution in [0.5, 0.6) is 0 Å². The topological polar surface area (TPSA) is 89.8 Å². The molecule has 2 aromatic rings. The van der Waals surface area contributed by atoms with E-state index in [1.165, 1.54) is 0 Å². The van der Waals surface area contributed by atoms with Crippen LogP contribution < -0.4 is 15.5 Å². The third-order valence-electron chi connectivity index (χ3n) is 2.61. The highest BCUT2D eigenvalue weighted by Crippen LogP contribution is 2.17. The lowest BCUT2D eigenvalue weighted by Gasteiger charge is -2.13. The highest BCUT2D eigenvalue weighted by Gasteiger charge is 2.08. The maximum absolute atomic E-state index is 8.92. The fourth-order valence-corrected chi connectivity index (χ4v) is 1.65. The van der Waals surface area contributed by atoms with E-state index in [9.17, 15) is 0 Å². The minimum Gasteiger partial charge on any atom is -0.354 e. The molecule has 108 valence electrons. The molecule has 1 heterocycles. The van der Waals surface area contributed by atoms with Crippen molar-refractivity contribution in [1.82, 2.24) is 15.0 Å². The van der Waals surface area contributed by atoms with Crippen LogP contribution >= 0.6 is 0 Å². The predicted octanol–water partition coefficient (Wildman–Crippen LogP) is 1.98. The molecule has 0 radical (unpaired) electrons. The maximum atomic E-state index is 8.92. The molecule has 1 aromatic heterocycles. The lowest BCUT2D eigenvalue weighted by Crippen LogP contribution is -2.16. The van der Waals surface area contributed by atoms with Crippen molar-refractivity contribution in [3.8, 4) is 6.07 Å². The van der Waals surface area contributed by atoms with E-state index < -0.39 is 0 Å². The smallest absolute Gasteiger partial charge is 0.233 e. The average Bonchev–Trinajstić information content (AvgIpc) is 2.47. The molecule has 0 saturated heterocycles. The molecule has 0 bridgehead atoms. The summed E-state index contributed by atoms with van der Waals surface area (Å²) in [5.74, 6) is 1.50. The summed E-state index contributed by atoms with van der Waals surface area (Å²) in [7, 11) is 3.73. The molecule has 0 saturated carbocycles. The van der Waals surface area contributed by atoms with Crippen LogP contribution in [0.4, 0.5) is 23.5 Å². The van der Waals surface area contributed by atoms with Crippen molar-refractivity contribution in [1.29, 1.82) is 5.26 Å². The zero-order valence-corrected chi connectivity index (χ0v) is 12.3. The molecule has 21 heavy (non-hydrogen) atoms. The number of benzene rings is 1. The van der Waals surface area contributed by atoms with Gasteiger partial charge in [0.05, 0.1) is 11.6 Å². The van der Waals surface area contributed by atoms with Gasteiger partial charge in [0.2, 0.25) is 17.8 Å². The Morgan fingerprint density at radius 2 is 1.95 bits per heavy atom. The first kappa shape index (κ1) is 14.5. The second-order valence-corrected chi connectivity index (χ2v) is 4.52. The van der Waals surface area contributed by atoms with Gasteiger partial charge in [0, 0.05) is 26.3 Å². The molecule has 0 unspecified atom stereocenters. The SMILES string of the molecule is CCNc1nc(Nc2cccc(C#N)c2)nc(N(C)C)n1. The summed E-state index contributed by atoms with van der Waals surface area (Å²) in [5, 5.41) is 15.1. The molecule has 0 aliphatic carbocycles. The molecule has 0 atom stereocenters. The average molecular weight is 283 g/mol. The van der Waals surface area contributed by atoms with Crippen LogP contribution in [-0.2, 0) is 0 Å². The third kappa shape index (κ3) is 3.79. The van der Waals surface area contributed by atoms with E-state index in [1.54, 1.807) is 23.1 Å². The van der Waals surface area contributed by atoms with Crippen molar-refractivity contribution >= 4 is 23.5 Å². The Hall–Kier alpha value is -2.88. The summed E-state index contributed by atoms with van der Waals surface area (Å²) >= 11 is 0. The van der Waals surface area contributed by atoms with Crippen molar-refractivity contribution in [2.24, 2.45) is 0 Å². The lowest BCUT2D eigenvalue weighted by atomic mass is 10.2. The molecule has 0 aliphatic heterocycles. The Morgan fingerprint density at radius 3 is 2.62 bits per heavy atom. The molecule has 0 amide bonds. The lowest BCUT2D eigenvalue weighted by molar-refractivity contribution is 0.953. The van der Waals surface area contributed by atoms with Gasteiger partial charge in [-0.1, -0.05) is 6.07 Å². The molecule has 1 aromatic carbocycles. The summed E-state index contributed by atoms with van der Waals surface area (Å²) in [6.07, 6.45) is 0. The summed E-state index contributed by atoms with van der Waals surface area (Å²) < 4.78 is 0. The maximum Gasteiger partial charge on any atom is 0.233 e. The van der Waals surface area contributed by atoms with E-state index in [2.05, 4.69) is 31.7 Å². The second kappa shape index (κ2) is 6.52. The Labute approximate surface area is 123 Å². The highest BCUT2D eigenvalue weighted by atomic mass is 15.3. The Balaban J connectivity index is 2.31. The first-order chi connectivity index (χ1) is 10.1. The van der Waals surface area contributed by atoms with Gasteiger partial charge in [0.25, 0.3) is 0 Å². The summed E-state index contributed by atoms with van der Waals surface area (Å²) in [6.45, 7) is 2.70. The fraction of sp³-hybridized carbons (Fsp3) is 0.286. The van der Waals surface area contributed by atoms with Gasteiger partial charge in [-0.25, -0.2) is 0 Å². The van der Waals surface area contributed by atoms with E-state index >= 15 is 0 Å². The number of anilines is 4. The van der Waals surface area contributed by atoms with Crippen LogP contribution in [0.15, 0.2) is 24.3 Å². The van der Waals surface area contributed by atoms with Gasteiger partial charge in [-0.15, -0.1) is 0 Å². The molecule has 0 aliphatic rings. The van der Waals surface area contributed by atoms with E-state index in [0.29, 0.717) is 23.4 Å². The van der Waals surface area contributed by atoms with Crippen molar-refractivity contribution in [2.45, 2.75) is 6.92 Å². The number of nitriles is 1. The third-order valence-corrected chi connectivity index (χ3v) is 2.61. The molecule has 2 N–H and O–H groups in total. The van der Waals surface area contributed by atoms with Gasteiger partial charge in [-0.2, -0.15) is 20.2 Å². The van der Waals surface area contributed by atoms with E-state index in [4.69, 9.17) is 5.26 Å². The zero-order chi connectivity index (χ0) is 15.2. The number of hydrogen-bond donors (Lipinski definition) is 2. The number of rotatable bonds is 5. The van der Waals surface area contributed by atoms with Gasteiger partial charge in [0.1, 0.15) is 0 Å². The summed E-state index contributed by atoms with van der Waals surface area (Å²) in [4.78, 5) is 14.7. The molecule has 0 spiro atoms. The zero-order valence-electron chi connectivity index (χ0n) is 12.3. The predicted molar refractivity (Wildman–Crippen MR) is 82.8 cm³/mol. The second-order valence-electron chi connectivity index (χ2n) is 4.52. The van der Waals surface area contributed by atoms with E-state index in [1.807, 2.05) is 27.1 Å². The van der Waals surface area contributed by atoms with Crippen LogP contribution in [0.1, 0.15) is 12.5 Å². The van der Waals surface area contributed by atoms with Gasteiger partial charge < -0.3 is 15.5 Å². The molecular formula is C14H17N7. The molecule has 7 nitrogen and oxygen atoms in total. The molecule has 7 heteroatoms. The van der Waals surface area contributed by atoms with Crippen LogP contribution in [0, 0.1) is 11.3 Å². The fourth-order valence-electron chi connectivity index (χ4n) is 1.65. The van der Waals surface area contributed by atoms with Crippen LogP contribution in [-0.4, -0.2) is 35.6 Å². The number of nitrogens with one attached hydrogen (secondary N) is 2. The monoisotopic (exact) mass is 283 g/mol. The van der Waals surface area contributed by atoms with Gasteiger partial charge in [-0.3, -0.25) is 0 Å². The highest BCUT2D eigenvalue weighted by molar-refractivity contribution is 5.58. The van der Waals surface area contributed by atoms with Gasteiger partial charge >= 0.3 is 0 Å². The van der Waals surface area contributed by atoms with Crippen molar-refractivity contribution < 1.29 is 0 Å². The first-order valence-electron chi connectivity index (χ1n) is 6.57. The minimum absolute atomic E-state index is 0.430.